The Kier molecular flexibility index (Phi) is 6.33. The van der Waals surface area contributed by atoms with Crippen LogP contribution in [0.4, 0.5) is 5.69 Å². The van der Waals surface area contributed by atoms with Gasteiger partial charge in [0.15, 0.2) is 23.9 Å². The molecule has 7 nitrogen and oxygen atoms in total. The van der Waals surface area contributed by atoms with Gasteiger partial charge in [0.25, 0.3) is 5.91 Å². The summed E-state index contributed by atoms with van der Waals surface area (Å²) in [7, 11) is 1.64. The maximum absolute atomic E-state index is 12.8. The Morgan fingerprint density at radius 3 is 2.62 bits per heavy atom. The molecule has 0 N–H and O–H groups in total. The second-order valence-electron chi connectivity index (χ2n) is 8.17. The van der Waals surface area contributed by atoms with Crippen molar-refractivity contribution in [2.24, 2.45) is 4.99 Å². The summed E-state index contributed by atoms with van der Waals surface area (Å²) in [6.45, 7) is 2.75. The number of para-hydroxylation sites is 4. The van der Waals surface area contributed by atoms with E-state index in [2.05, 4.69) is 4.90 Å². The molecule has 2 heterocycles. The molecule has 0 aromatic heterocycles. The molecule has 0 aliphatic carbocycles. The fourth-order valence-electron chi connectivity index (χ4n) is 4.25. The lowest BCUT2D eigenvalue weighted by molar-refractivity contribution is -0.133. The highest BCUT2D eigenvalue weighted by Gasteiger charge is 2.27. The number of ether oxygens (including phenoxy) is 3. The van der Waals surface area contributed by atoms with E-state index in [0.29, 0.717) is 42.6 Å². The second kappa shape index (κ2) is 9.87. The molecule has 3 aromatic rings. The van der Waals surface area contributed by atoms with Gasteiger partial charge < -0.3 is 24.0 Å². The van der Waals surface area contributed by atoms with Gasteiger partial charge in [0.1, 0.15) is 17.3 Å². The third kappa shape index (κ3) is 4.55. The number of nitrogens with zero attached hydrogens (tertiary/aromatic N) is 3. The van der Waals surface area contributed by atoms with Crippen molar-refractivity contribution in [3.63, 3.8) is 0 Å². The summed E-state index contributed by atoms with van der Waals surface area (Å²) in [6, 6.07) is 23.0. The van der Waals surface area contributed by atoms with E-state index < -0.39 is 0 Å². The molecule has 5 rings (SSSR count). The molecule has 1 saturated heterocycles. The van der Waals surface area contributed by atoms with Gasteiger partial charge in [-0.15, -0.1) is 0 Å². The Morgan fingerprint density at radius 1 is 0.941 bits per heavy atom. The summed E-state index contributed by atoms with van der Waals surface area (Å²) in [5.41, 5.74) is 1.65. The van der Waals surface area contributed by atoms with Gasteiger partial charge in [-0.2, -0.15) is 0 Å². The topological polar surface area (TPSA) is 63.6 Å². The van der Waals surface area contributed by atoms with Crippen molar-refractivity contribution in [3.05, 3.63) is 78.4 Å². The Labute approximate surface area is 199 Å². The number of amidine groups is 1. The third-order valence-electron chi connectivity index (χ3n) is 6.00. The fourth-order valence-corrected chi connectivity index (χ4v) is 4.25. The van der Waals surface area contributed by atoms with E-state index in [1.54, 1.807) is 7.11 Å². The minimum atomic E-state index is -0.00995. The van der Waals surface area contributed by atoms with Crippen LogP contribution in [0.25, 0.3) is 0 Å². The van der Waals surface area contributed by atoms with E-state index in [9.17, 15) is 4.79 Å². The van der Waals surface area contributed by atoms with Gasteiger partial charge in [-0.1, -0.05) is 36.4 Å². The van der Waals surface area contributed by atoms with Gasteiger partial charge in [-0.25, -0.2) is 4.99 Å². The highest BCUT2D eigenvalue weighted by molar-refractivity contribution is 6.04. The molecule has 0 bridgehead atoms. The van der Waals surface area contributed by atoms with Crippen molar-refractivity contribution < 1.29 is 19.0 Å². The van der Waals surface area contributed by atoms with Crippen LogP contribution in [0.5, 0.6) is 23.0 Å². The number of hydrogen-bond acceptors (Lipinski definition) is 6. The first kappa shape index (κ1) is 21.8. The minimum absolute atomic E-state index is 0.00995. The molecule has 7 heteroatoms. The molecule has 0 saturated carbocycles. The van der Waals surface area contributed by atoms with Crippen molar-refractivity contribution in [2.75, 3.05) is 39.9 Å². The first-order valence-corrected chi connectivity index (χ1v) is 11.5. The van der Waals surface area contributed by atoms with Crippen LogP contribution in [0.1, 0.15) is 12.0 Å². The maximum atomic E-state index is 12.8. The largest absolute Gasteiger partial charge is 0.493 e. The lowest BCUT2D eigenvalue weighted by Gasteiger charge is -2.25. The van der Waals surface area contributed by atoms with Crippen LogP contribution >= 0.6 is 0 Å². The summed E-state index contributed by atoms with van der Waals surface area (Å²) in [4.78, 5) is 21.9. The zero-order chi connectivity index (χ0) is 23.3. The zero-order valence-electron chi connectivity index (χ0n) is 19.1. The maximum Gasteiger partial charge on any atom is 0.260 e. The van der Waals surface area contributed by atoms with Crippen molar-refractivity contribution in [3.8, 4) is 23.0 Å². The smallest absolute Gasteiger partial charge is 0.260 e. The van der Waals surface area contributed by atoms with E-state index in [1.807, 2.05) is 77.7 Å². The Balaban J connectivity index is 1.36. The second-order valence-corrected chi connectivity index (χ2v) is 8.17. The van der Waals surface area contributed by atoms with Gasteiger partial charge in [0.05, 0.1) is 12.7 Å². The first-order valence-electron chi connectivity index (χ1n) is 11.5. The minimum Gasteiger partial charge on any atom is -0.493 e. The molecule has 0 unspecified atom stereocenters. The number of fused-ring (bicyclic) bond motifs is 2. The highest BCUT2D eigenvalue weighted by Crippen LogP contribution is 2.42. The van der Waals surface area contributed by atoms with Gasteiger partial charge in [-0.05, 0) is 42.8 Å². The third-order valence-corrected chi connectivity index (χ3v) is 6.00. The molecule has 1 amide bonds. The Bertz CT molecular complexity index is 1200. The summed E-state index contributed by atoms with van der Waals surface area (Å²) in [6.07, 6.45) is 0.831. The fraction of sp³-hybridized carbons (Fsp3) is 0.259. The van der Waals surface area contributed by atoms with Gasteiger partial charge >= 0.3 is 0 Å². The molecule has 0 radical (unpaired) electrons. The number of carbonyl (C=O) groups is 1. The molecule has 0 atom stereocenters. The highest BCUT2D eigenvalue weighted by atomic mass is 16.5. The van der Waals surface area contributed by atoms with Crippen LogP contribution in [0.2, 0.25) is 0 Å². The number of carbonyl (C=O) groups excluding carboxylic acids is 1. The van der Waals surface area contributed by atoms with Crippen LogP contribution in [0, 0.1) is 0 Å². The monoisotopic (exact) mass is 457 g/mol. The average molecular weight is 458 g/mol. The molecule has 0 spiro atoms. The van der Waals surface area contributed by atoms with Crippen LogP contribution in [-0.2, 0) is 4.79 Å². The number of rotatable bonds is 4. The summed E-state index contributed by atoms with van der Waals surface area (Å²) in [5, 5.41) is 0. The van der Waals surface area contributed by atoms with E-state index in [-0.39, 0.29) is 12.5 Å². The molecular weight excluding hydrogens is 430 g/mol. The van der Waals surface area contributed by atoms with Crippen molar-refractivity contribution in [2.45, 2.75) is 6.42 Å². The molecule has 174 valence electrons. The average Bonchev–Trinajstić information content (AvgIpc) is 3.23. The van der Waals surface area contributed by atoms with Crippen LogP contribution < -0.4 is 14.2 Å². The Hall–Kier alpha value is -4.00. The van der Waals surface area contributed by atoms with E-state index in [1.165, 1.54) is 0 Å². The molecule has 2 aliphatic heterocycles. The van der Waals surface area contributed by atoms with Gasteiger partial charge in [0.2, 0.25) is 0 Å². The van der Waals surface area contributed by atoms with Gasteiger partial charge in [0, 0.05) is 26.2 Å². The number of benzene rings is 3. The van der Waals surface area contributed by atoms with E-state index in [4.69, 9.17) is 19.2 Å². The van der Waals surface area contributed by atoms with Crippen molar-refractivity contribution in [1.29, 1.82) is 0 Å². The number of aliphatic imine (C=N–C) groups is 1. The molecule has 1 fully saturated rings. The van der Waals surface area contributed by atoms with E-state index in [0.717, 1.165) is 30.1 Å². The summed E-state index contributed by atoms with van der Waals surface area (Å²) >= 11 is 0. The lowest BCUT2D eigenvalue weighted by Crippen LogP contribution is -2.39. The molecule has 3 aromatic carbocycles. The van der Waals surface area contributed by atoms with E-state index >= 15 is 0 Å². The summed E-state index contributed by atoms with van der Waals surface area (Å²) in [5.74, 6) is 3.52. The lowest BCUT2D eigenvalue weighted by atomic mass is 10.1. The van der Waals surface area contributed by atoms with Crippen LogP contribution in [0.3, 0.4) is 0 Å². The molecule has 34 heavy (non-hydrogen) atoms. The van der Waals surface area contributed by atoms with Gasteiger partial charge in [-0.3, -0.25) is 4.79 Å². The number of methoxy groups -OCH3 is 1. The number of hydrogen-bond donors (Lipinski definition) is 0. The van der Waals surface area contributed by atoms with Crippen molar-refractivity contribution in [1.82, 2.24) is 9.80 Å². The molecule has 2 aliphatic rings. The standard InChI is InChI=1S/C27H27N3O4/c1-32-24-14-7-11-21-26(24)34-23-13-6-5-12-22(23)28-27(21)30-16-8-15-29(17-18-30)25(31)19-33-20-9-3-2-4-10-20/h2-7,9-14H,8,15-19H2,1H3. The zero-order valence-corrected chi connectivity index (χ0v) is 19.1. The quantitative estimate of drug-likeness (QED) is 0.578. The first-order chi connectivity index (χ1) is 16.7. The predicted octanol–water partition coefficient (Wildman–Crippen LogP) is 4.49. The normalized spacial score (nSPS) is 15.1. The Morgan fingerprint density at radius 2 is 1.76 bits per heavy atom. The predicted molar refractivity (Wildman–Crippen MR) is 130 cm³/mol. The van der Waals surface area contributed by atoms with Crippen LogP contribution in [0.15, 0.2) is 77.8 Å². The SMILES string of the molecule is COc1cccc2c1Oc1ccccc1N=C2N1CCCN(C(=O)COc2ccccc2)CC1. The van der Waals surface area contributed by atoms with Crippen LogP contribution in [-0.4, -0.2) is 61.4 Å². The summed E-state index contributed by atoms with van der Waals surface area (Å²) < 4.78 is 17.5. The number of amides is 1. The van der Waals surface area contributed by atoms with Crippen molar-refractivity contribution >= 4 is 17.4 Å². The molecular formula is C27H27N3O4.